The molecular formula is C46H56FN9O5. The molecule has 2 aliphatic carbocycles. The Morgan fingerprint density at radius 1 is 0.869 bits per heavy atom. The highest BCUT2D eigenvalue weighted by Gasteiger charge is 2.42. The molecule has 0 spiro atoms. The topological polar surface area (TPSA) is 149 Å². The summed E-state index contributed by atoms with van der Waals surface area (Å²) >= 11 is 0. The van der Waals surface area contributed by atoms with Gasteiger partial charge in [-0.05, 0) is 115 Å². The zero-order valence-electron chi connectivity index (χ0n) is 35.4. The zero-order chi connectivity index (χ0) is 42.0. The number of nitrogens with one attached hydrogen (secondary N) is 2. The van der Waals surface area contributed by atoms with Crippen molar-refractivity contribution in [1.82, 2.24) is 35.3 Å². The molecule has 10 rings (SSSR count). The Morgan fingerprint density at radius 3 is 2.41 bits per heavy atom. The maximum Gasteiger partial charge on any atom is 0.255 e. The zero-order valence-corrected chi connectivity index (χ0v) is 35.4. The van der Waals surface area contributed by atoms with Crippen LogP contribution in [0.25, 0.3) is 22.3 Å². The number of ether oxygens (including phenoxy) is 2. The smallest absolute Gasteiger partial charge is 0.255 e. The van der Waals surface area contributed by atoms with E-state index in [-0.39, 0.29) is 54.5 Å². The predicted octanol–water partition coefficient (Wildman–Crippen LogP) is 6.00. The standard InChI is InChI=1S/C46H56FN9O5/c1-45(2)26-54(39-23-36(48-27-49-39)42-33-22-31(61-46(3)16-17-46)8-10-35(33)51-52-42)20-21-55(45)24-28-4-6-29(7-5-28)60-30-14-18-53(19-15-30)37-11-9-32-34(41(37)47)25-56(44(32)59)38-12-13-40(57)50-43(38)58/h8-11,22-23,27-30,38H,4-7,12-21,24-26H2,1-3H3,(H,51,52)(H,50,57,58). The SMILES string of the molecule is CC1(Oc2ccc3[nH]nc(-c4cc(N5CCN(CC6CCC(OC7CCN(c8ccc9c(c8F)CN(C8CCC(=O)NC8=O)C9=O)CC7)CC6)C(C)(C)C5)ncn4)c3c2)CC1. The van der Waals surface area contributed by atoms with E-state index in [9.17, 15) is 14.4 Å². The molecular weight excluding hydrogens is 778 g/mol. The summed E-state index contributed by atoms with van der Waals surface area (Å²) in [6.07, 6.45) is 10.7. The minimum atomic E-state index is -0.765. The fourth-order valence-corrected chi connectivity index (χ4v) is 10.3. The second-order valence-corrected chi connectivity index (χ2v) is 19.1. The average Bonchev–Trinajstić information content (AvgIpc) is 3.66. The third kappa shape index (κ3) is 7.95. The van der Waals surface area contributed by atoms with Crippen LogP contribution in [0.5, 0.6) is 5.75 Å². The summed E-state index contributed by atoms with van der Waals surface area (Å²) in [7, 11) is 0. The molecule has 4 aliphatic heterocycles. The van der Waals surface area contributed by atoms with E-state index in [1.54, 1.807) is 18.5 Å². The van der Waals surface area contributed by atoms with E-state index in [1.165, 1.54) is 4.90 Å². The number of piperazine rings is 1. The first-order valence-electron chi connectivity index (χ1n) is 22.3. The van der Waals surface area contributed by atoms with Gasteiger partial charge in [-0.25, -0.2) is 14.4 Å². The van der Waals surface area contributed by atoms with Gasteiger partial charge in [-0.15, -0.1) is 0 Å². The van der Waals surface area contributed by atoms with Gasteiger partial charge in [-0.2, -0.15) is 5.10 Å². The van der Waals surface area contributed by atoms with E-state index in [1.807, 2.05) is 12.1 Å². The molecule has 6 aliphatic rings. The average molecular weight is 834 g/mol. The van der Waals surface area contributed by atoms with Crippen LogP contribution >= 0.6 is 0 Å². The van der Waals surface area contributed by atoms with Crippen molar-refractivity contribution >= 4 is 40.1 Å². The Balaban J connectivity index is 0.691. The summed E-state index contributed by atoms with van der Waals surface area (Å²) in [5, 5.41) is 11.1. The first-order chi connectivity index (χ1) is 29.4. The molecule has 322 valence electrons. The number of imide groups is 1. The van der Waals surface area contributed by atoms with Gasteiger partial charge >= 0.3 is 0 Å². The van der Waals surface area contributed by atoms with Crippen LogP contribution < -0.4 is 19.9 Å². The second kappa shape index (κ2) is 15.6. The molecule has 15 heteroatoms. The number of aromatic nitrogens is 4. The normalized spacial score (nSPS) is 25.5. The van der Waals surface area contributed by atoms with Gasteiger partial charge in [0.05, 0.1) is 35.7 Å². The minimum Gasteiger partial charge on any atom is -0.488 e. The maximum absolute atomic E-state index is 16.0. The fraction of sp³-hybridized carbons (Fsp3) is 0.565. The lowest BCUT2D eigenvalue weighted by molar-refractivity contribution is -0.136. The number of anilines is 2. The van der Waals surface area contributed by atoms with Gasteiger partial charge in [0.1, 0.15) is 35.2 Å². The first-order valence-corrected chi connectivity index (χ1v) is 22.3. The number of hydrogen-bond donors (Lipinski definition) is 2. The van der Waals surface area contributed by atoms with Gasteiger partial charge in [0.15, 0.2) is 5.82 Å². The number of H-pyrrole nitrogens is 1. The predicted molar refractivity (Wildman–Crippen MR) is 228 cm³/mol. The molecule has 2 N–H and O–H groups in total. The van der Waals surface area contributed by atoms with Gasteiger partial charge in [0, 0.05) is 73.8 Å². The molecule has 3 saturated heterocycles. The molecule has 4 aromatic rings. The second-order valence-electron chi connectivity index (χ2n) is 19.1. The van der Waals surface area contributed by atoms with E-state index in [4.69, 9.17) is 14.5 Å². The molecule has 14 nitrogen and oxygen atoms in total. The number of piperidine rings is 2. The third-order valence-corrected chi connectivity index (χ3v) is 14.2. The van der Waals surface area contributed by atoms with Crippen LogP contribution in [0, 0.1) is 11.7 Å². The van der Waals surface area contributed by atoms with Gasteiger partial charge in [0.2, 0.25) is 11.8 Å². The molecule has 5 fully saturated rings. The van der Waals surface area contributed by atoms with Crippen LogP contribution in [-0.2, 0) is 20.9 Å². The maximum atomic E-state index is 16.0. The quantitative estimate of drug-likeness (QED) is 0.182. The van der Waals surface area contributed by atoms with E-state index in [2.05, 4.69) is 68.1 Å². The van der Waals surface area contributed by atoms with E-state index in [0.717, 1.165) is 111 Å². The van der Waals surface area contributed by atoms with Crippen LogP contribution in [0.3, 0.4) is 0 Å². The summed E-state index contributed by atoms with van der Waals surface area (Å²) in [6, 6.07) is 10.8. The molecule has 2 aromatic carbocycles. The number of rotatable bonds is 10. The summed E-state index contributed by atoms with van der Waals surface area (Å²) in [6.45, 7) is 12.0. The number of benzene rings is 2. The molecule has 1 unspecified atom stereocenters. The lowest BCUT2D eigenvalue weighted by Gasteiger charge is -2.49. The number of nitrogens with zero attached hydrogens (tertiary/aromatic N) is 7. The number of aromatic amines is 1. The first kappa shape index (κ1) is 40.0. The van der Waals surface area contributed by atoms with Crippen molar-refractivity contribution in [2.45, 2.75) is 121 Å². The molecule has 61 heavy (non-hydrogen) atoms. The third-order valence-electron chi connectivity index (χ3n) is 14.2. The Hall–Kier alpha value is -5.15. The summed E-state index contributed by atoms with van der Waals surface area (Å²) < 4.78 is 28.9. The van der Waals surface area contributed by atoms with Crippen molar-refractivity contribution < 1.29 is 28.2 Å². The van der Waals surface area contributed by atoms with Gasteiger partial charge in [-0.3, -0.25) is 29.7 Å². The van der Waals surface area contributed by atoms with Crippen LogP contribution in [0.2, 0.25) is 0 Å². The fourth-order valence-electron chi connectivity index (χ4n) is 10.3. The Morgan fingerprint density at radius 2 is 1.66 bits per heavy atom. The number of carbonyl (C=O) groups excluding carboxylic acids is 3. The molecule has 1 atom stereocenters. The number of carbonyl (C=O) groups is 3. The van der Waals surface area contributed by atoms with Crippen LogP contribution in [0.4, 0.5) is 15.9 Å². The van der Waals surface area contributed by atoms with E-state index in [0.29, 0.717) is 35.8 Å². The minimum absolute atomic E-state index is 0.0301. The lowest BCUT2D eigenvalue weighted by atomic mass is 9.85. The summed E-state index contributed by atoms with van der Waals surface area (Å²) in [4.78, 5) is 55.1. The van der Waals surface area contributed by atoms with Crippen molar-refractivity contribution in [3.63, 3.8) is 0 Å². The molecule has 0 bridgehead atoms. The molecule has 2 aromatic heterocycles. The van der Waals surface area contributed by atoms with E-state index < -0.39 is 17.8 Å². The number of hydrogen-bond acceptors (Lipinski definition) is 11. The highest BCUT2D eigenvalue weighted by molar-refractivity contribution is 6.05. The van der Waals surface area contributed by atoms with E-state index >= 15 is 4.39 Å². The lowest BCUT2D eigenvalue weighted by Crippen LogP contribution is -2.60. The summed E-state index contributed by atoms with van der Waals surface area (Å²) in [5.74, 6) is 0.810. The van der Waals surface area contributed by atoms with Crippen molar-refractivity contribution in [1.29, 1.82) is 0 Å². The summed E-state index contributed by atoms with van der Waals surface area (Å²) in [5.41, 5.74) is 3.59. The van der Waals surface area contributed by atoms with Gasteiger partial charge in [-0.1, -0.05) is 0 Å². The van der Waals surface area contributed by atoms with Crippen LogP contribution in [0.1, 0.15) is 101 Å². The van der Waals surface area contributed by atoms with Crippen molar-refractivity contribution in [3.8, 4) is 17.1 Å². The van der Waals surface area contributed by atoms with Gasteiger partial charge in [0.25, 0.3) is 5.91 Å². The highest BCUT2D eigenvalue weighted by atomic mass is 19.1. The van der Waals surface area contributed by atoms with Gasteiger partial charge < -0.3 is 24.2 Å². The Labute approximate surface area is 355 Å². The van der Waals surface area contributed by atoms with Crippen molar-refractivity contribution in [3.05, 3.63) is 59.7 Å². The molecule has 2 saturated carbocycles. The number of halogens is 1. The number of amides is 3. The van der Waals surface area contributed by atoms with Crippen LogP contribution in [0.15, 0.2) is 42.7 Å². The Bertz CT molecular complexity index is 2350. The molecule has 0 radical (unpaired) electrons. The monoisotopic (exact) mass is 833 g/mol. The van der Waals surface area contributed by atoms with Crippen molar-refractivity contribution in [2.75, 3.05) is 49.1 Å². The van der Waals surface area contributed by atoms with Crippen molar-refractivity contribution in [2.24, 2.45) is 5.92 Å². The molecule has 3 amide bonds. The van der Waals surface area contributed by atoms with Crippen LogP contribution in [-0.4, -0.2) is 116 Å². The Kier molecular flexibility index (Phi) is 10.2. The number of fused-ring (bicyclic) bond motifs is 2. The molecule has 6 heterocycles. The largest absolute Gasteiger partial charge is 0.488 e. The highest BCUT2D eigenvalue weighted by Crippen LogP contribution is 2.41.